The first-order valence-corrected chi connectivity index (χ1v) is 6.75. The molecule has 0 bridgehead atoms. The molecule has 1 fully saturated rings. The van der Waals surface area contributed by atoms with Crippen LogP contribution in [0, 0.1) is 11.6 Å². The van der Waals surface area contributed by atoms with Gasteiger partial charge in [-0.25, -0.2) is 13.6 Å². The van der Waals surface area contributed by atoms with Gasteiger partial charge in [0.25, 0.3) is 0 Å². The van der Waals surface area contributed by atoms with Crippen LogP contribution in [-0.4, -0.2) is 35.2 Å². The Morgan fingerprint density at radius 3 is 2.85 bits per heavy atom. The Kier molecular flexibility index (Phi) is 4.89. The second-order valence-corrected chi connectivity index (χ2v) is 4.93. The Hall–Kier alpha value is -1.69. The Morgan fingerprint density at radius 1 is 1.35 bits per heavy atom. The number of hydrogen-bond donors (Lipinski definition) is 2. The summed E-state index contributed by atoms with van der Waals surface area (Å²) in [5.41, 5.74) is -0.0580. The zero-order chi connectivity index (χ0) is 14.5. The van der Waals surface area contributed by atoms with Gasteiger partial charge in [0.05, 0.1) is 18.3 Å². The maximum Gasteiger partial charge on any atom is 0.322 e. The molecule has 1 heterocycles. The van der Waals surface area contributed by atoms with Crippen molar-refractivity contribution in [3.05, 3.63) is 29.8 Å². The van der Waals surface area contributed by atoms with Gasteiger partial charge in [-0.3, -0.25) is 0 Å². The van der Waals surface area contributed by atoms with Crippen molar-refractivity contribution >= 4 is 11.7 Å². The number of rotatable bonds is 2. The number of amides is 2. The van der Waals surface area contributed by atoms with Crippen molar-refractivity contribution in [1.82, 2.24) is 4.90 Å². The molecule has 4 nitrogen and oxygen atoms in total. The number of nitrogens with zero attached hydrogens (tertiary/aromatic N) is 1. The van der Waals surface area contributed by atoms with Crippen molar-refractivity contribution in [3.8, 4) is 0 Å². The molecule has 0 aliphatic carbocycles. The van der Waals surface area contributed by atoms with Gasteiger partial charge in [0.15, 0.2) is 0 Å². The predicted octanol–water partition coefficient (Wildman–Crippen LogP) is 2.73. The molecule has 1 unspecified atom stereocenters. The Balaban J connectivity index is 2.09. The van der Waals surface area contributed by atoms with Gasteiger partial charge in [-0.15, -0.1) is 0 Å². The van der Waals surface area contributed by atoms with Gasteiger partial charge >= 0.3 is 6.03 Å². The highest BCUT2D eigenvalue weighted by molar-refractivity contribution is 5.89. The van der Waals surface area contributed by atoms with Gasteiger partial charge in [0, 0.05) is 12.6 Å². The number of aliphatic hydroxyl groups excluding tert-OH is 1. The number of aliphatic hydroxyl groups is 1. The van der Waals surface area contributed by atoms with Crippen LogP contribution >= 0.6 is 0 Å². The summed E-state index contributed by atoms with van der Waals surface area (Å²) in [6.45, 7) is 0.416. The molecule has 1 aromatic rings. The molecule has 110 valence electrons. The number of likely N-dealkylation sites (tertiary alicyclic amines) is 1. The monoisotopic (exact) mass is 284 g/mol. The quantitative estimate of drug-likeness (QED) is 0.877. The third-order valence-corrected chi connectivity index (χ3v) is 3.52. The number of anilines is 1. The lowest BCUT2D eigenvalue weighted by molar-refractivity contribution is 0.142. The summed E-state index contributed by atoms with van der Waals surface area (Å²) in [7, 11) is 0. The molecule has 0 radical (unpaired) electrons. The third-order valence-electron chi connectivity index (χ3n) is 3.52. The smallest absolute Gasteiger partial charge is 0.322 e. The van der Waals surface area contributed by atoms with Gasteiger partial charge in [0.1, 0.15) is 11.6 Å². The SMILES string of the molecule is O=C(Nc1ccc(F)cc1F)N1CCCCCC1CO. The lowest BCUT2D eigenvalue weighted by Gasteiger charge is -2.28. The van der Waals surface area contributed by atoms with E-state index in [2.05, 4.69) is 5.32 Å². The summed E-state index contributed by atoms with van der Waals surface area (Å²) in [6.07, 6.45) is 3.55. The van der Waals surface area contributed by atoms with Crippen molar-refractivity contribution in [2.24, 2.45) is 0 Å². The highest BCUT2D eigenvalue weighted by Crippen LogP contribution is 2.20. The van der Waals surface area contributed by atoms with Crippen LogP contribution in [0.4, 0.5) is 19.3 Å². The minimum Gasteiger partial charge on any atom is -0.394 e. The minimum atomic E-state index is -0.811. The number of carbonyl (C=O) groups excluding carboxylic acids is 1. The normalized spacial score (nSPS) is 19.6. The largest absolute Gasteiger partial charge is 0.394 e. The number of nitrogens with one attached hydrogen (secondary N) is 1. The number of carbonyl (C=O) groups is 1. The van der Waals surface area contributed by atoms with Crippen LogP contribution in [0.25, 0.3) is 0 Å². The van der Waals surface area contributed by atoms with Crippen molar-refractivity contribution in [2.75, 3.05) is 18.5 Å². The molecule has 2 amide bonds. The summed E-state index contributed by atoms with van der Waals surface area (Å²) in [4.78, 5) is 13.7. The fourth-order valence-electron chi connectivity index (χ4n) is 2.41. The molecule has 1 saturated heterocycles. The maximum atomic E-state index is 13.5. The zero-order valence-electron chi connectivity index (χ0n) is 11.1. The molecule has 1 aromatic carbocycles. The topological polar surface area (TPSA) is 52.6 Å². The van der Waals surface area contributed by atoms with Crippen LogP contribution in [0.1, 0.15) is 25.7 Å². The number of benzene rings is 1. The van der Waals surface area contributed by atoms with Crippen LogP contribution < -0.4 is 5.32 Å². The molecule has 6 heteroatoms. The summed E-state index contributed by atoms with van der Waals surface area (Å²) in [5, 5.41) is 11.8. The molecule has 1 atom stereocenters. The second kappa shape index (κ2) is 6.65. The average molecular weight is 284 g/mol. The molecule has 1 aliphatic heterocycles. The van der Waals surface area contributed by atoms with Crippen molar-refractivity contribution in [2.45, 2.75) is 31.7 Å². The first kappa shape index (κ1) is 14.7. The van der Waals surface area contributed by atoms with E-state index in [1.165, 1.54) is 11.0 Å². The number of halogens is 2. The van der Waals surface area contributed by atoms with Gasteiger partial charge in [-0.05, 0) is 25.0 Å². The van der Waals surface area contributed by atoms with Gasteiger partial charge in [-0.2, -0.15) is 0 Å². The first-order valence-electron chi connectivity index (χ1n) is 6.75. The highest BCUT2D eigenvalue weighted by Gasteiger charge is 2.25. The molecule has 0 spiro atoms. The summed E-state index contributed by atoms with van der Waals surface area (Å²) >= 11 is 0. The Bertz CT molecular complexity index is 482. The van der Waals surface area contributed by atoms with Gasteiger partial charge < -0.3 is 15.3 Å². The molecule has 2 N–H and O–H groups in total. The van der Waals surface area contributed by atoms with E-state index in [1.54, 1.807) is 0 Å². The van der Waals surface area contributed by atoms with Gasteiger partial charge in [-0.1, -0.05) is 12.8 Å². The van der Waals surface area contributed by atoms with Crippen molar-refractivity contribution in [3.63, 3.8) is 0 Å². The van der Waals surface area contributed by atoms with Gasteiger partial charge in [0.2, 0.25) is 0 Å². The standard InChI is InChI=1S/C14H18F2N2O2/c15-10-5-6-13(12(16)8-10)17-14(20)18-7-3-1-2-4-11(18)9-19/h5-6,8,11,19H,1-4,7,9H2,(H,17,20). The Labute approximate surface area is 116 Å². The fraction of sp³-hybridized carbons (Fsp3) is 0.500. The van der Waals surface area contributed by atoms with Crippen LogP contribution in [0.15, 0.2) is 18.2 Å². The lowest BCUT2D eigenvalue weighted by atomic mass is 10.1. The van der Waals surface area contributed by atoms with Crippen LogP contribution in [0.5, 0.6) is 0 Å². The molecular weight excluding hydrogens is 266 g/mol. The van der Waals surface area contributed by atoms with E-state index < -0.39 is 17.7 Å². The fourth-order valence-corrected chi connectivity index (χ4v) is 2.41. The molecular formula is C14H18F2N2O2. The maximum absolute atomic E-state index is 13.5. The highest BCUT2D eigenvalue weighted by atomic mass is 19.1. The molecule has 0 aromatic heterocycles. The molecule has 2 rings (SSSR count). The van der Waals surface area contributed by atoms with Crippen LogP contribution in [0.2, 0.25) is 0 Å². The third kappa shape index (κ3) is 3.45. The average Bonchev–Trinajstić information content (AvgIpc) is 2.67. The Morgan fingerprint density at radius 2 is 2.15 bits per heavy atom. The summed E-state index contributed by atoms with van der Waals surface area (Å²) < 4.78 is 26.3. The van der Waals surface area contributed by atoms with E-state index in [0.29, 0.717) is 6.54 Å². The zero-order valence-corrected chi connectivity index (χ0v) is 11.1. The van der Waals surface area contributed by atoms with E-state index in [-0.39, 0.29) is 18.3 Å². The molecule has 20 heavy (non-hydrogen) atoms. The second-order valence-electron chi connectivity index (χ2n) is 4.93. The molecule has 1 aliphatic rings. The first-order chi connectivity index (χ1) is 9.61. The summed E-state index contributed by atoms with van der Waals surface area (Å²) in [6, 6.07) is 2.29. The van der Waals surface area contributed by atoms with E-state index in [1.807, 2.05) is 0 Å². The van der Waals surface area contributed by atoms with E-state index >= 15 is 0 Å². The lowest BCUT2D eigenvalue weighted by Crippen LogP contribution is -2.44. The predicted molar refractivity (Wildman–Crippen MR) is 71.4 cm³/mol. The minimum absolute atomic E-state index is 0.0580. The number of hydrogen-bond acceptors (Lipinski definition) is 2. The van der Waals surface area contributed by atoms with Crippen LogP contribution in [-0.2, 0) is 0 Å². The van der Waals surface area contributed by atoms with E-state index in [9.17, 15) is 18.7 Å². The van der Waals surface area contributed by atoms with Crippen LogP contribution in [0.3, 0.4) is 0 Å². The van der Waals surface area contributed by atoms with Crippen molar-refractivity contribution < 1.29 is 18.7 Å². The number of urea groups is 1. The summed E-state index contributed by atoms with van der Waals surface area (Å²) in [5.74, 6) is -1.50. The van der Waals surface area contributed by atoms with E-state index in [0.717, 1.165) is 37.8 Å². The van der Waals surface area contributed by atoms with Crippen molar-refractivity contribution in [1.29, 1.82) is 0 Å². The van der Waals surface area contributed by atoms with E-state index in [4.69, 9.17) is 0 Å². The molecule has 0 saturated carbocycles.